The molecule has 136 valence electrons. The maximum absolute atomic E-state index is 4.47. The fraction of sp³-hybridized carbons (Fsp3) is 0.450. The number of aryl methyl sites for hydroxylation is 1. The number of hydrogen-bond acceptors (Lipinski definition) is 5. The Morgan fingerprint density at radius 1 is 1.15 bits per heavy atom. The monoisotopic (exact) mass is 350 g/mol. The predicted octanol–water partition coefficient (Wildman–Crippen LogP) is 2.92. The van der Waals surface area contributed by atoms with Crippen molar-refractivity contribution in [1.29, 1.82) is 0 Å². The minimum absolute atomic E-state index is 0.543. The van der Waals surface area contributed by atoms with E-state index >= 15 is 0 Å². The number of rotatable bonds is 5. The van der Waals surface area contributed by atoms with E-state index in [1.54, 1.807) is 6.33 Å². The summed E-state index contributed by atoms with van der Waals surface area (Å²) in [4.78, 5) is 13.8. The minimum Gasteiger partial charge on any atom is -0.354 e. The highest BCUT2D eigenvalue weighted by molar-refractivity contribution is 5.47. The van der Waals surface area contributed by atoms with E-state index < -0.39 is 0 Å². The highest BCUT2D eigenvalue weighted by atomic mass is 15.4. The summed E-state index contributed by atoms with van der Waals surface area (Å²) in [5.74, 6) is 1.78. The summed E-state index contributed by atoms with van der Waals surface area (Å²) in [6.45, 7) is 8.37. The third-order valence-electron chi connectivity index (χ3n) is 5.14. The standard InChI is InChI=1S/C20H26N6/c1-3-7-18-14-25(11-10-24(18)13-17-8-5-4-6-9-17)19-12-16(2)23-20-21-15-22-26(19)20/h4-6,8-9,12,15,18H,3,7,10-11,13-14H2,1-2H3. The lowest BCUT2D eigenvalue weighted by Gasteiger charge is -2.42. The Morgan fingerprint density at radius 3 is 2.81 bits per heavy atom. The van der Waals surface area contributed by atoms with E-state index in [0.717, 1.165) is 37.7 Å². The van der Waals surface area contributed by atoms with Crippen LogP contribution in [-0.2, 0) is 6.54 Å². The summed E-state index contributed by atoms with van der Waals surface area (Å²) in [6, 6.07) is 13.4. The molecule has 1 fully saturated rings. The van der Waals surface area contributed by atoms with Crippen molar-refractivity contribution >= 4 is 11.6 Å². The van der Waals surface area contributed by atoms with Gasteiger partial charge in [0.1, 0.15) is 12.1 Å². The number of nitrogens with zero attached hydrogens (tertiary/aromatic N) is 6. The number of fused-ring (bicyclic) bond motifs is 1. The van der Waals surface area contributed by atoms with Crippen molar-refractivity contribution in [2.75, 3.05) is 24.5 Å². The van der Waals surface area contributed by atoms with Crippen molar-refractivity contribution in [1.82, 2.24) is 24.5 Å². The molecule has 1 atom stereocenters. The van der Waals surface area contributed by atoms with Gasteiger partial charge in [-0.3, -0.25) is 4.90 Å². The molecule has 0 saturated carbocycles. The minimum atomic E-state index is 0.543. The highest BCUT2D eigenvalue weighted by Gasteiger charge is 2.28. The zero-order chi connectivity index (χ0) is 17.9. The van der Waals surface area contributed by atoms with Crippen LogP contribution in [0.4, 0.5) is 5.82 Å². The lowest BCUT2D eigenvalue weighted by atomic mass is 10.0. The zero-order valence-electron chi connectivity index (χ0n) is 15.5. The SMILES string of the molecule is CCCC1CN(c2cc(C)nc3ncnn23)CCN1Cc1ccccc1. The third kappa shape index (κ3) is 3.42. The van der Waals surface area contributed by atoms with Gasteiger partial charge < -0.3 is 4.90 Å². The van der Waals surface area contributed by atoms with Crippen LogP contribution in [0.15, 0.2) is 42.7 Å². The van der Waals surface area contributed by atoms with Crippen LogP contribution in [0, 0.1) is 6.92 Å². The Morgan fingerprint density at radius 2 is 2.00 bits per heavy atom. The van der Waals surface area contributed by atoms with Crippen LogP contribution < -0.4 is 4.90 Å². The zero-order valence-corrected chi connectivity index (χ0v) is 15.5. The maximum atomic E-state index is 4.47. The van der Waals surface area contributed by atoms with Crippen LogP contribution in [0.25, 0.3) is 5.78 Å². The van der Waals surface area contributed by atoms with Crippen LogP contribution in [-0.4, -0.2) is 50.2 Å². The van der Waals surface area contributed by atoms with Crippen molar-refractivity contribution in [3.8, 4) is 0 Å². The van der Waals surface area contributed by atoms with Crippen LogP contribution in [0.3, 0.4) is 0 Å². The number of anilines is 1. The van der Waals surface area contributed by atoms with Gasteiger partial charge in [0.15, 0.2) is 0 Å². The lowest BCUT2D eigenvalue weighted by Crippen LogP contribution is -2.53. The highest BCUT2D eigenvalue weighted by Crippen LogP contribution is 2.23. The fourth-order valence-electron chi connectivity index (χ4n) is 3.87. The lowest BCUT2D eigenvalue weighted by molar-refractivity contribution is 0.158. The van der Waals surface area contributed by atoms with Gasteiger partial charge in [0.2, 0.25) is 0 Å². The molecule has 0 N–H and O–H groups in total. The van der Waals surface area contributed by atoms with Crippen LogP contribution in [0.2, 0.25) is 0 Å². The molecule has 1 aliphatic heterocycles. The summed E-state index contributed by atoms with van der Waals surface area (Å²) >= 11 is 0. The van der Waals surface area contributed by atoms with E-state index in [4.69, 9.17) is 0 Å². The molecule has 1 unspecified atom stereocenters. The fourth-order valence-corrected chi connectivity index (χ4v) is 3.87. The Labute approximate surface area is 154 Å². The first-order chi connectivity index (χ1) is 12.7. The average Bonchev–Trinajstić information content (AvgIpc) is 3.12. The summed E-state index contributed by atoms with van der Waals surface area (Å²) in [5.41, 5.74) is 2.37. The third-order valence-corrected chi connectivity index (χ3v) is 5.14. The van der Waals surface area contributed by atoms with Crippen LogP contribution >= 0.6 is 0 Å². The molecular weight excluding hydrogens is 324 g/mol. The summed E-state index contributed by atoms with van der Waals surface area (Å²) < 4.78 is 1.86. The molecule has 6 nitrogen and oxygen atoms in total. The maximum Gasteiger partial charge on any atom is 0.254 e. The molecule has 1 aromatic carbocycles. The molecule has 0 amide bonds. The molecule has 1 aliphatic rings. The first-order valence-corrected chi connectivity index (χ1v) is 9.45. The van der Waals surface area contributed by atoms with Gasteiger partial charge in [0.25, 0.3) is 5.78 Å². The first kappa shape index (κ1) is 17.0. The summed E-state index contributed by atoms with van der Waals surface area (Å²) in [5, 5.41) is 4.38. The Kier molecular flexibility index (Phi) is 4.84. The van der Waals surface area contributed by atoms with Gasteiger partial charge in [-0.1, -0.05) is 43.7 Å². The second-order valence-corrected chi connectivity index (χ2v) is 7.07. The number of aromatic nitrogens is 4. The molecule has 0 aliphatic carbocycles. The van der Waals surface area contributed by atoms with Gasteiger partial charge in [-0.25, -0.2) is 4.98 Å². The second-order valence-electron chi connectivity index (χ2n) is 7.07. The number of piperazine rings is 1. The van der Waals surface area contributed by atoms with Crippen molar-refractivity contribution in [3.63, 3.8) is 0 Å². The smallest absolute Gasteiger partial charge is 0.254 e. The van der Waals surface area contributed by atoms with Crippen molar-refractivity contribution in [3.05, 3.63) is 54.0 Å². The van der Waals surface area contributed by atoms with Crippen molar-refractivity contribution < 1.29 is 0 Å². The van der Waals surface area contributed by atoms with E-state index in [1.165, 1.54) is 18.4 Å². The van der Waals surface area contributed by atoms with Gasteiger partial charge in [-0.15, -0.1) is 0 Å². The van der Waals surface area contributed by atoms with E-state index in [2.05, 4.69) is 68.2 Å². The molecule has 26 heavy (non-hydrogen) atoms. The Balaban J connectivity index is 1.56. The molecule has 2 aromatic heterocycles. The number of hydrogen-bond donors (Lipinski definition) is 0. The van der Waals surface area contributed by atoms with E-state index in [-0.39, 0.29) is 0 Å². The topological polar surface area (TPSA) is 49.6 Å². The molecule has 4 rings (SSSR count). The van der Waals surface area contributed by atoms with Gasteiger partial charge in [-0.05, 0) is 18.9 Å². The summed E-state index contributed by atoms with van der Waals surface area (Å²) in [7, 11) is 0. The molecule has 0 spiro atoms. The predicted molar refractivity (Wildman–Crippen MR) is 103 cm³/mol. The molecular formula is C20H26N6. The molecule has 3 aromatic rings. The van der Waals surface area contributed by atoms with Crippen LogP contribution in [0.1, 0.15) is 31.0 Å². The van der Waals surface area contributed by atoms with Crippen molar-refractivity contribution in [2.24, 2.45) is 0 Å². The number of benzene rings is 1. The Bertz CT molecular complexity index is 859. The molecule has 6 heteroatoms. The molecule has 1 saturated heterocycles. The molecule has 0 bridgehead atoms. The van der Waals surface area contributed by atoms with Gasteiger partial charge in [-0.2, -0.15) is 14.6 Å². The quantitative estimate of drug-likeness (QED) is 0.708. The largest absolute Gasteiger partial charge is 0.354 e. The Hall–Kier alpha value is -2.47. The first-order valence-electron chi connectivity index (χ1n) is 9.45. The van der Waals surface area contributed by atoms with Crippen molar-refractivity contribution in [2.45, 2.75) is 39.3 Å². The van der Waals surface area contributed by atoms with Crippen LogP contribution in [0.5, 0.6) is 0 Å². The van der Waals surface area contributed by atoms with Gasteiger partial charge in [0, 0.05) is 44.0 Å². The van der Waals surface area contributed by atoms with E-state index in [0.29, 0.717) is 11.8 Å². The second kappa shape index (κ2) is 7.41. The van der Waals surface area contributed by atoms with E-state index in [1.807, 2.05) is 11.4 Å². The molecule has 0 radical (unpaired) electrons. The van der Waals surface area contributed by atoms with E-state index in [9.17, 15) is 0 Å². The van der Waals surface area contributed by atoms with Gasteiger partial charge in [0.05, 0.1) is 0 Å². The summed E-state index contributed by atoms with van der Waals surface area (Å²) in [6.07, 6.45) is 3.98. The van der Waals surface area contributed by atoms with Gasteiger partial charge >= 0.3 is 0 Å². The molecule has 3 heterocycles. The average molecular weight is 350 g/mol. The normalized spacial score (nSPS) is 18.5.